The fourth-order valence-electron chi connectivity index (χ4n) is 3.27. The molecule has 1 N–H and O–H groups in total. The van der Waals surface area contributed by atoms with Gasteiger partial charge in [-0.1, -0.05) is 6.92 Å². The number of rotatable bonds is 9. The monoisotopic (exact) mass is 521 g/mol. The molecule has 4 aromatic heterocycles. The van der Waals surface area contributed by atoms with Crippen molar-refractivity contribution in [3.05, 3.63) is 48.3 Å². The fraction of sp³-hybridized carbons (Fsp3) is 0.333. The van der Waals surface area contributed by atoms with Gasteiger partial charge in [0.15, 0.2) is 17.3 Å². The van der Waals surface area contributed by atoms with E-state index in [9.17, 15) is 12.8 Å². The van der Waals surface area contributed by atoms with Crippen molar-refractivity contribution in [2.75, 3.05) is 18.9 Å². The number of aryl methyl sites for hydroxylation is 1. The van der Waals surface area contributed by atoms with Crippen molar-refractivity contribution in [2.24, 2.45) is 0 Å². The molecule has 4 heterocycles. The van der Waals surface area contributed by atoms with Gasteiger partial charge in [-0.05, 0) is 25.9 Å². The highest BCUT2D eigenvalue weighted by Crippen LogP contribution is 2.36. The highest BCUT2D eigenvalue weighted by Gasteiger charge is 2.33. The van der Waals surface area contributed by atoms with E-state index < -0.39 is 33.9 Å². The first-order valence-electron chi connectivity index (χ1n) is 11.9. The van der Waals surface area contributed by atoms with Crippen molar-refractivity contribution in [2.45, 2.75) is 31.9 Å². The molecule has 190 valence electrons. The Hall–Kier alpha value is -4.14. The fourth-order valence-corrected chi connectivity index (χ4v) is 4.51. The summed E-state index contributed by atoms with van der Waals surface area (Å²) in [5.74, 6) is -2.17. The molecule has 0 fully saturated rings. The normalized spacial score (nSPS) is 14.9. The molecule has 0 aliphatic rings. The average molecular weight is 522 g/mol. The van der Waals surface area contributed by atoms with Crippen LogP contribution >= 0.6 is 0 Å². The van der Waals surface area contributed by atoms with Gasteiger partial charge < -0.3 is 13.9 Å². The van der Waals surface area contributed by atoms with Crippen molar-refractivity contribution in [3.8, 4) is 29.0 Å². The number of ether oxygens (including phenoxy) is 2. The van der Waals surface area contributed by atoms with Gasteiger partial charge in [-0.15, -0.1) is 10.2 Å². The molecule has 4 aromatic rings. The Morgan fingerprint density at radius 3 is 2.33 bits per heavy atom. The Bertz CT molecular complexity index is 1550. The van der Waals surface area contributed by atoms with Gasteiger partial charge in [0.1, 0.15) is 17.9 Å². The summed E-state index contributed by atoms with van der Waals surface area (Å²) in [5, 5.41) is 6.89. The van der Waals surface area contributed by atoms with Gasteiger partial charge in [0.2, 0.25) is 33.6 Å². The summed E-state index contributed by atoms with van der Waals surface area (Å²) in [6, 6.07) is 2.59. The van der Waals surface area contributed by atoms with Gasteiger partial charge in [0.25, 0.3) is 0 Å². The second-order valence-corrected chi connectivity index (χ2v) is 9.53. The van der Waals surface area contributed by atoms with E-state index >= 15 is 0 Å². The molecule has 0 saturated heterocycles. The lowest BCUT2D eigenvalue weighted by Gasteiger charge is -2.20. The third-order valence-corrected chi connectivity index (χ3v) is 7.18. The molecule has 0 unspecified atom stereocenters. The van der Waals surface area contributed by atoms with Crippen LogP contribution in [0.15, 0.2) is 35.3 Å². The third kappa shape index (κ3) is 4.68. The summed E-state index contributed by atoms with van der Waals surface area (Å²) >= 11 is 0. The van der Waals surface area contributed by atoms with Crippen molar-refractivity contribution in [1.82, 2.24) is 34.7 Å². The lowest BCUT2D eigenvalue weighted by atomic mass is 10.1. The smallest absolute Gasteiger partial charge is 0.245 e. The molecule has 15 heteroatoms. The Kier molecular flexibility index (Phi) is 5.79. The van der Waals surface area contributed by atoms with E-state index in [-0.39, 0.29) is 46.6 Å². The number of halogens is 1. The van der Waals surface area contributed by atoms with Crippen LogP contribution in [0, 0.1) is 12.7 Å². The Balaban J connectivity index is 1.84. The molecule has 0 bridgehead atoms. The van der Waals surface area contributed by atoms with E-state index in [1.165, 1.54) is 44.2 Å². The number of sulfonamides is 1. The maximum atomic E-state index is 13.4. The van der Waals surface area contributed by atoms with Crippen LogP contribution in [0.1, 0.15) is 35.5 Å². The summed E-state index contributed by atoms with van der Waals surface area (Å²) in [7, 11) is -1.57. The minimum Gasteiger partial charge on any atom is -0.479 e. The van der Waals surface area contributed by atoms with E-state index in [0.717, 1.165) is 12.4 Å². The van der Waals surface area contributed by atoms with E-state index in [1.807, 2.05) is 0 Å². The summed E-state index contributed by atoms with van der Waals surface area (Å²) in [4.78, 5) is 15.9. The van der Waals surface area contributed by atoms with Crippen molar-refractivity contribution in [1.29, 1.82) is 0 Å². The lowest BCUT2D eigenvalue weighted by Crippen LogP contribution is -2.31. The maximum absolute atomic E-state index is 13.4. The minimum absolute atomic E-state index is 0.00889. The van der Waals surface area contributed by atoms with Gasteiger partial charge in [-0.3, -0.25) is 4.72 Å². The van der Waals surface area contributed by atoms with Crippen LogP contribution in [0.3, 0.4) is 0 Å². The number of anilines is 1. The predicted molar refractivity (Wildman–Crippen MR) is 125 cm³/mol. The highest BCUT2D eigenvalue weighted by molar-refractivity contribution is 7.93. The van der Waals surface area contributed by atoms with Crippen molar-refractivity contribution < 1.29 is 30.8 Å². The quantitative estimate of drug-likeness (QED) is 0.345. The molecular weight excluding hydrogens is 495 g/mol. The molecule has 0 radical (unpaired) electrons. The first-order valence-corrected chi connectivity index (χ1v) is 11.9. The molecule has 13 nitrogen and oxygen atoms in total. The zero-order valence-corrected chi connectivity index (χ0v) is 20.3. The molecule has 0 aromatic carbocycles. The average Bonchev–Trinajstić information content (AvgIpc) is 3.55. The Morgan fingerprint density at radius 2 is 1.75 bits per heavy atom. The third-order valence-electron chi connectivity index (χ3n) is 5.33. The summed E-state index contributed by atoms with van der Waals surface area (Å²) in [5.41, 5.74) is 0.00889. The molecule has 4 rings (SSSR count). The van der Waals surface area contributed by atoms with Crippen LogP contribution in [0.25, 0.3) is 17.3 Å². The Morgan fingerprint density at radius 1 is 1.08 bits per heavy atom. The summed E-state index contributed by atoms with van der Waals surface area (Å²) in [6.07, 6.45) is 3.06. The highest BCUT2D eigenvalue weighted by atomic mass is 32.2. The number of hydrogen-bond donors (Lipinski definition) is 1. The van der Waals surface area contributed by atoms with Crippen LogP contribution in [0.2, 0.25) is 0 Å². The van der Waals surface area contributed by atoms with Gasteiger partial charge in [0, 0.05) is 10.0 Å². The standard InChI is InChI=1S/C21H23FN8O5S/c1-11-6-7-15(35-11)18-27-28-21(30(18)16-19(33-4)25-10-26-20(16)34-5)29-36(31,32)13(3)12(2)17-23-8-14(22)9-24-17/h6-10,12-13H,1-5H3,(H,28,29)/t12-,13-/m0/s1/i1D3. The molecule has 0 aliphatic heterocycles. The second kappa shape index (κ2) is 9.85. The van der Waals surface area contributed by atoms with E-state index in [1.54, 1.807) is 6.92 Å². The number of furan rings is 1. The van der Waals surface area contributed by atoms with Gasteiger partial charge in [-0.25, -0.2) is 27.3 Å². The van der Waals surface area contributed by atoms with E-state index in [4.69, 9.17) is 18.0 Å². The molecule has 2 atom stereocenters. The zero-order valence-electron chi connectivity index (χ0n) is 22.5. The molecule has 0 spiro atoms. The van der Waals surface area contributed by atoms with Crippen molar-refractivity contribution >= 4 is 16.0 Å². The van der Waals surface area contributed by atoms with Crippen LogP contribution in [-0.2, 0) is 10.0 Å². The molecular formula is C21H23FN8O5S. The number of hydrogen-bond acceptors (Lipinski definition) is 11. The van der Waals surface area contributed by atoms with Crippen LogP contribution in [0.4, 0.5) is 10.3 Å². The molecule has 0 aliphatic carbocycles. The van der Waals surface area contributed by atoms with Gasteiger partial charge in [-0.2, -0.15) is 9.97 Å². The summed E-state index contributed by atoms with van der Waals surface area (Å²) < 4.78 is 82.7. The van der Waals surface area contributed by atoms with E-state index in [2.05, 4.69) is 34.9 Å². The van der Waals surface area contributed by atoms with Crippen molar-refractivity contribution in [3.63, 3.8) is 0 Å². The van der Waals surface area contributed by atoms with Gasteiger partial charge >= 0.3 is 0 Å². The maximum Gasteiger partial charge on any atom is 0.245 e. The van der Waals surface area contributed by atoms with E-state index in [0.29, 0.717) is 0 Å². The number of aromatic nitrogens is 7. The number of methoxy groups -OCH3 is 2. The first-order chi connectivity index (χ1) is 18.4. The second-order valence-electron chi connectivity index (χ2n) is 7.49. The lowest BCUT2D eigenvalue weighted by molar-refractivity contribution is 0.368. The molecule has 0 saturated carbocycles. The predicted octanol–water partition coefficient (Wildman–Crippen LogP) is 2.51. The van der Waals surface area contributed by atoms with Crippen LogP contribution in [0.5, 0.6) is 11.8 Å². The zero-order chi connectivity index (χ0) is 28.5. The van der Waals surface area contributed by atoms with Gasteiger partial charge in [0.05, 0.1) is 31.9 Å². The van der Waals surface area contributed by atoms with Crippen LogP contribution in [-0.4, -0.2) is 62.6 Å². The molecule has 0 amide bonds. The summed E-state index contributed by atoms with van der Waals surface area (Å²) in [6.45, 7) is 0.444. The first kappa shape index (κ1) is 21.2. The topological polar surface area (TPSA) is 160 Å². The number of nitrogens with one attached hydrogen (secondary N) is 1. The Labute approximate surface area is 210 Å². The number of nitrogens with zero attached hydrogens (tertiary/aromatic N) is 7. The molecule has 36 heavy (non-hydrogen) atoms. The minimum atomic E-state index is -4.22. The SMILES string of the molecule is [2H]C([2H])([2H])c1ccc(-c2nnc(NS(=O)(=O)[C@@H](C)[C@H](C)c3ncc(F)cn3)n2-c2c(OC)ncnc2OC)o1. The largest absolute Gasteiger partial charge is 0.479 e. The van der Waals surface area contributed by atoms with Crippen LogP contribution < -0.4 is 14.2 Å².